The lowest BCUT2D eigenvalue weighted by Gasteiger charge is -2.28. The molecule has 0 saturated carbocycles. The molecule has 0 fully saturated rings. The first-order chi connectivity index (χ1) is 14.9. The number of hydrogen-bond acceptors (Lipinski definition) is 3. The molecule has 8 heteroatoms. The van der Waals surface area contributed by atoms with Crippen LogP contribution in [-0.2, 0) is 6.18 Å². The van der Waals surface area contributed by atoms with Crippen LogP contribution in [0.2, 0.25) is 0 Å². The van der Waals surface area contributed by atoms with Crippen molar-refractivity contribution in [3.05, 3.63) is 102 Å². The van der Waals surface area contributed by atoms with Gasteiger partial charge < -0.3 is 16.0 Å². The van der Waals surface area contributed by atoms with Crippen LogP contribution in [0.4, 0.5) is 23.7 Å². The summed E-state index contributed by atoms with van der Waals surface area (Å²) in [6.07, 6.45) is -2.52. The van der Waals surface area contributed by atoms with Gasteiger partial charge in [-0.2, -0.15) is 18.4 Å². The van der Waals surface area contributed by atoms with Gasteiger partial charge in [0.25, 0.3) is 0 Å². The van der Waals surface area contributed by atoms with Crippen LogP contribution in [0.5, 0.6) is 0 Å². The first-order valence-electron chi connectivity index (χ1n) is 9.38. The molecule has 2 amide bonds. The zero-order valence-electron chi connectivity index (χ0n) is 16.2. The molecule has 3 aromatic rings. The molecule has 2 atom stereocenters. The third kappa shape index (κ3) is 5.76. The Morgan fingerprint density at radius 1 is 0.806 bits per heavy atom. The van der Waals surface area contributed by atoms with E-state index in [9.17, 15) is 23.2 Å². The lowest BCUT2D eigenvalue weighted by molar-refractivity contribution is -0.137. The largest absolute Gasteiger partial charge is 0.416 e. The molecule has 5 nitrogen and oxygen atoms in total. The minimum atomic E-state index is -4.45. The molecule has 0 saturated heterocycles. The van der Waals surface area contributed by atoms with Gasteiger partial charge in [0, 0.05) is 5.69 Å². The fourth-order valence-corrected chi connectivity index (χ4v) is 3.16. The highest BCUT2D eigenvalue weighted by Gasteiger charge is 2.30. The molecule has 158 valence electrons. The smallest absolute Gasteiger partial charge is 0.329 e. The highest BCUT2D eigenvalue weighted by Crippen LogP contribution is 2.31. The van der Waals surface area contributed by atoms with Gasteiger partial charge in [-0.3, -0.25) is 0 Å². The number of hydrogen-bond donors (Lipinski definition) is 3. The summed E-state index contributed by atoms with van der Waals surface area (Å²) in [7, 11) is 0. The number of benzene rings is 3. The SMILES string of the molecule is N#CNC(c1ccccc1)C(NC(=O)Nc1ccc(C(F)(F)F)cc1)c1ccccc1. The normalized spacial score (nSPS) is 12.8. The number of amides is 2. The minimum absolute atomic E-state index is 0.210. The highest BCUT2D eigenvalue weighted by atomic mass is 19.4. The molecule has 0 bridgehead atoms. The van der Waals surface area contributed by atoms with Crippen molar-refractivity contribution < 1.29 is 18.0 Å². The van der Waals surface area contributed by atoms with E-state index < -0.39 is 29.9 Å². The lowest BCUT2D eigenvalue weighted by Crippen LogP contribution is -2.39. The van der Waals surface area contributed by atoms with Crippen molar-refractivity contribution in [2.24, 2.45) is 0 Å². The van der Waals surface area contributed by atoms with Crippen molar-refractivity contribution in [3.8, 4) is 6.19 Å². The second-order valence-corrected chi connectivity index (χ2v) is 6.71. The molecule has 0 aromatic heterocycles. The summed E-state index contributed by atoms with van der Waals surface area (Å²) in [4.78, 5) is 12.7. The molecule has 0 aliphatic heterocycles. The Morgan fingerprint density at radius 3 is 1.81 bits per heavy atom. The second-order valence-electron chi connectivity index (χ2n) is 6.71. The lowest BCUT2D eigenvalue weighted by atomic mass is 9.93. The van der Waals surface area contributed by atoms with Crippen molar-refractivity contribution >= 4 is 11.7 Å². The summed E-state index contributed by atoms with van der Waals surface area (Å²) in [6, 6.07) is 20.6. The molecule has 3 rings (SSSR count). The van der Waals surface area contributed by atoms with Gasteiger partial charge in [0.15, 0.2) is 6.19 Å². The zero-order chi connectivity index (χ0) is 22.3. The maximum absolute atomic E-state index is 12.7. The predicted molar refractivity (Wildman–Crippen MR) is 111 cm³/mol. The topological polar surface area (TPSA) is 77.0 Å². The van der Waals surface area contributed by atoms with Gasteiger partial charge in [0.2, 0.25) is 0 Å². The number of carbonyl (C=O) groups is 1. The van der Waals surface area contributed by atoms with Crippen LogP contribution >= 0.6 is 0 Å². The minimum Gasteiger partial charge on any atom is -0.329 e. The summed E-state index contributed by atoms with van der Waals surface area (Å²) in [5.41, 5.74) is 0.944. The van der Waals surface area contributed by atoms with Crippen LogP contribution in [0, 0.1) is 11.5 Å². The maximum Gasteiger partial charge on any atom is 0.416 e. The van der Waals surface area contributed by atoms with E-state index in [-0.39, 0.29) is 5.69 Å². The fourth-order valence-electron chi connectivity index (χ4n) is 3.16. The van der Waals surface area contributed by atoms with Crippen molar-refractivity contribution in [2.45, 2.75) is 18.3 Å². The fraction of sp³-hybridized carbons (Fsp3) is 0.130. The monoisotopic (exact) mass is 424 g/mol. The Kier molecular flexibility index (Phi) is 6.78. The van der Waals surface area contributed by atoms with Crippen molar-refractivity contribution in [1.82, 2.24) is 10.6 Å². The number of nitrogens with one attached hydrogen (secondary N) is 3. The van der Waals surface area contributed by atoms with E-state index in [1.54, 1.807) is 0 Å². The van der Waals surface area contributed by atoms with Gasteiger partial charge in [-0.05, 0) is 35.4 Å². The Labute approximate surface area is 177 Å². The van der Waals surface area contributed by atoms with Crippen molar-refractivity contribution in [3.63, 3.8) is 0 Å². The number of rotatable bonds is 6. The third-order valence-corrected chi connectivity index (χ3v) is 4.63. The van der Waals surface area contributed by atoms with E-state index in [2.05, 4.69) is 16.0 Å². The molecule has 3 N–H and O–H groups in total. The second kappa shape index (κ2) is 9.67. The van der Waals surface area contributed by atoms with Crippen LogP contribution < -0.4 is 16.0 Å². The Balaban J connectivity index is 1.83. The summed E-state index contributed by atoms with van der Waals surface area (Å²) in [5.74, 6) is 0. The average molecular weight is 424 g/mol. The molecule has 0 radical (unpaired) electrons. The van der Waals surface area contributed by atoms with E-state index in [1.165, 1.54) is 12.1 Å². The third-order valence-electron chi connectivity index (χ3n) is 4.63. The van der Waals surface area contributed by atoms with Gasteiger partial charge in [-0.15, -0.1) is 0 Å². The van der Waals surface area contributed by atoms with E-state index >= 15 is 0 Å². The van der Waals surface area contributed by atoms with Gasteiger partial charge in [0.05, 0.1) is 17.6 Å². The van der Waals surface area contributed by atoms with Gasteiger partial charge in [-0.1, -0.05) is 60.7 Å². The number of nitrogens with zero attached hydrogens (tertiary/aromatic N) is 1. The van der Waals surface area contributed by atoms with E-state index in [0.29, 0.717) is 0 Å². The summed E-state index contributed by atoms with van der Waals surface area (Å²) in [5, 5.41) is 17.4. The first-order valence-corrected chi connectivity index (χ1v) is 9.38. The van der Waals surface area contributed by atoms with Crippen LogP contribution in [0.25, 0.3) is 0 Å². The molecular formula is C23H19F3N4O. The van der Waals surface area contributed by atoms with E-state index in [1.807, 2.05) is 66.9 Å². The van der Waals surface area contributed by atoms with E-state index in [4.69, 9.17) is 0 Å². The van der Waals surface area contributed by atoms with Crippen LogP contribution in [-0.4, -0.2) is 6.03 Å². The molecule has 0 aliphatic carbocycles. The van der Waals surface area contributed by atoms with Crippen molar-refractivity contribution in [1.29, 1.82) is 5.26 Å². The number of halogens is 3. The number of alkyl halides is 3. The average Bonchev–Trinajstić information content (AvgIpc) is 2.77. The zero-order valence-corrected chi connectivity index (χ0v) is 16.2. The first kappa shape index (κ1) is 21.7. The molecular weight excluding hydrogens is 405 g/mol. The van der Waals surface area contributed by atoms with Gasteiger partial charge in [-0.25, -0.2) is 4.79 Å². The van der Waals surface area contributed by atoms with Crippen molar-refractivity contribution in [2.75, 3.05) is 5.32 Å². The van der Waals surface area contributed by atoms with Gasteiger partial charge >= 0.3 is 12.2 Å². The van der Waals surface area contributed by atoms with E-state index in [0.717, 1.165) is 23.3 Å². The standard InChI is InChI=1S/C23H19F3N4O/c24-23(25,26)18-11-13-19(14-12-18)29-22(31)30-21(17-9-5-2-6-10-17)20(28-15-27)16-7-3-1-4-8-16/h1-14,20-21,28H,(H2,29,30,31). The molecule has 2 unspecified atom stereocenters. The number of urea groups is 1. The van der Waals surface area contributed by atoms with Crippen LogP contribution in [0.15, 0.2) is 84.9 Å². The Hall–Kier alpha value is -3.99. The Morgan fingerprint density at radius 2 is 1.32 bits per heavy atom. The number of nitriles is 1. The molecule has 0 spiro atoms. The molecule has 31 heavy (non-hydrogen) atoms. The van der Waals surface area contributed by atoms with Crippen LogP contribution in [0.3, 0.4) is 0 Å². The van der Waals surface area contributed by atoms with Crippen LogP contribution in [0.1, 0.15) is 28.8 Å². The molecule has 3 aromatic carbocycles. The number of carbonyl (C=O) groups excluding carboxylic acids is 1. The quantitative estimate of drug-likeness (QED) is 0.367. The van der Waals surface area contributed by atoms with Gasteiger partial charge in [0.1, 0.15) is 0 Å². The summed E-state index contributed by atoms with van der Waals surface area (Å²) >= 11 is 0. The Bertz CT molecular complexity index is 1030. The summed E-state index contributed by atoms with van der Waals surface area (Å²) in [6.45, 7) is 0. The highest BCUT2D eigenvalue weighted by molar-refractivity contribution is 5.89. The number of anilines is 1. The molecule has 0 aliphatic rings. The maximum atomic E-state index is 12.7. The summed E-state index contributed by atoms with van der Waals surface area (Å²) < 4.78 is 38.2. The predicted octanol–water partition coefficient (Wildman–Crippen LogP) is 5.38. The molecule has 0 heterocycles.